The highest BCUT2D eigenvalue weighted by molar-refractivity contribution is 6.54. The number of carbonyl (C=O) groups excluding carboxylic acids is 1. The number of benzene rings is 2. The van der Waals surface area contributed by atoms with E-state index in [1.165, 1.54) is 17.0 Å². The predicted octanol–water partition coefficient (Wildman–Crippen LogP) is 4.77. The van der Waals surface area contributed by atoms with E-state index in [1.54, 1.807) is 42.6 Å². The third-order valence-corrected chi connectivity index (χ3v) is 4.36. The van der Waals surface area contributed by atoms with Gasteiger partial charge in [0.15, 0.2) is 0 Å². The van der Waals surface area contributed by atoms with Gasteiger partial charge in [-0.2, -0.15) is 13.2 Å². The van der Waals surface area contributed by atoms with E-state index >= 15 is 0 Å². The first-order valence-corrected chi connectivity index (χ1v) is 8.50. The lowest BCUT2D eigenvalue weighted by Crippen LogP contribution is -2.29. The molecule has 0 N–H and O–H groups in total. The minimum absolute atomic E-state index is 0.0765. The molecule has 4 rings (SSSR count). The Bertz CT molecular complexity index is 1060. The molecule has 0 aliphatic carbocycles. The van der Waals surface area contributed by atoms with Gasteiger partial charge in [0, 0.05) is 11.8 Å². The molecule has 0 atom stereocenters. The Kier molecular flexibility index (Phi) is 4.43. The number of aliphatic imine (C=N–C) groups is 1. The molecule has 0 saturated carbocycles. The third-order valence-electron chi connectivity index (χ3n) is 4.36. The van der Waals surface area contributed by atoms with E-state index in [0.29, 0.717) is 16.9 Å². The molecule has 0 saturated heterocycles. The van der Waals surface area contributed by atoms with Crippen molar-refractivity contribution in [3.05, 3.63) is 89.7 Å². The minimum Gasteiger partial charge on any atom is -0.300 e. The van der Waals surface area contributed by atoms with Gasteiger partial charge in [-0.1, -0.05) is 30.3 Å². The van der Waals surface area contributed by atoms with E-state index in [0.717, 1.165) is 12.1 Å². The van der Waals surface area contributed by atoms with Crippen molar-refractivity contribution in [2.45, 2.75) is 12.7 Å². The molecule has 1 amide bonds. The third kappa shape index (κ3) is 3.38. The lowest BCUT2D eigenvalue weighted by Gasteiger charge is -2.16. The monoisotopic (exact) mass is 381 g/mol. The average Bonchev–Trinajstić information content (AvgIpc) is 2.94. The number of hydrogen-bond donors (Lipinski definition) is 0. The fourth-order valence-corrected chi connectivity index (χ4v) is 3.06. The molecule has 1 aromatic heterocycles. The number of pyridine rings is 1. The molecule has 0 spiro atoms. The number of halogens is 3. The molecule has 0 fully saturated rings. The Morgan fingerprint density at radius 2 is 1.75 bits per heavy atom. The van der Waals surface area contributed by atoms with Crippen LogP contribution in [0.25, 0.3) is 0 Å². The summed E-state index contributed by atoms with van der Waals surface area (Å²) in [4.78, 5) is 23.0. The van der Waals surface area contributed by atoms with Gasteiger partial charge in [-0.15, -0.1) is 0 Å². The number of alkyl halides is 3. The minimum atomic E-state index is -4.47. The van der Waals surface area contributed by atoms with E-state index in [9.17, 15) is 18.0 Å². The van der Waals surface area contributed by atoms with Crippen molar-refractivity contribution < 1.29 is 18.0 Å². The zero-order chi connectivity index (χ0) is 19.7. The Morgan fingerprint density at radius 1 is 0.964 bits per heavy atom. The molecule has 0 bridgehead atoms. The predicted molar refractivity (Wildman–Crippen MR) is 99.5 cm³/mol. The maximum atomic E-state index is 13.0. The first-order chi connectivity index (χ1) is 13.4. The molecule has 3 aromatic rings. The fraction of sp³-hybridized carbons (Fsp3) is 0.0952. The first kappa shape index (κ1) is 17.9. The van der Waals surface area contributed by atoms with E-state index < -0.39 is 11.7 Å². The molecule has 1 aliphatic heterocycles. The van der Waals surface area contributed by atoms with Crippen molar-refractivity contribution in [3.63, 3.8) is 0 Å². The number of anilines is 1. The number of amides is 1. The Morgan fingerprint density at radius 3 is 2.50 bits per heavy atom. The van der Waals surface area contributed by atoms with Crippen LogP contribution in [-0.4, -0.2) is 16.6 Å². The number of nitrogens with zero attached hydrogens (tertiary/aromatic N) is 3. The van der Waals surface area contributed by atoms with Crippen molar-refractivity contribution in [2.75, 3.05) is 4.90 Å². The molecule has 28 heavy (non-hydrogen) atoms. The molecule has 4 nitrogen and oxygen atoms in total. The highest BCUT2D eigenvalue weighted by Crippen LogP contribution is 2.34. The summed E-state index contributed by atoms with van der Waals surface area (Å²) in [5.41, 5.74) is 1.33. The summed E-state index contributed by atoms with van der Waals surface area (Å²) >= 11 is 0. The summed E-state index contributed by atoms with van der Waals surface area (Å²) in [5.74, 6) is -0.371. The molecular formula is C21H14F3N3O. The van der Waals surface area contributed by atoms with Crippen LogP contribution in [0.1, 0.15) is 16.8 Å². The molecule has 2 heterocycles. The van der Waals surface area contributed by atoms with Crippen LogP contribution in [0.15, 0.2) is 77.9 Å². The van der Waals surface area contributed by atoms with Gasteiger partial charge in [-0.05, 0) is 36.4 Å². The number of carbonyl (C=O) groups is 1. The van der Waals surface area contributed by atoms with Gasteiger partial charge < -0.3 is 4.90 Å². The zero-order valence-corrected chi connectivity index (χ0v) is 14.5. The Hall–Kier alpha value is -3.48. The second kappa shape index (κ2) is 6.92. The van der Waals surface area contributed by atoms with Crippen LogP contribution in [0.3, 0.4) is 0 Å². The maximum Gasteiger partial charge on any atom is 0.416 e. The Balaban J connectivity index is 1.74. The number of para-hydroxylation sites is 1. The maximum absolute atomic E-state index is 13.0. The summed E-state index contributed by atoms with van der Waals surface area (Å²) < 4.78 is 38.9. The summed E-state index contributed by atoms with van der Waals surface area (Å²) in [6.07, 6.45) is -2.84. The van der Waals surface area contributed by atoms with Gasteiger partial charge >= 0.3 is 6.18 Å². The van der Waals surface area contributed by atoms with Crippen LogP contribution >= 0.6 is 0 Å². The van der Waals surface area contributed by atoms with Gasteiger partial charge in [0.1, 0.15) is 5.71 Å². The smallest absolute Gasteiger partial charge is 0.300 e. The number of fused-ring (bicyclic) bond motifs is 1. The second-order valence-electron chi connectivity index (χ2n) is 6.24. The molecule has 7 heteroatoms. The number of hydrogen-bond acceptors (Lipinski definition) is 3. The SMILES string of the molecule is O=C1/C(=N\c2cccc(C(F)(F)F)c2)c2ccccc2N1Cc1ccccn1. The molecule has 0 radical (unpaired) electrons. The van der Waals surface area contributed by atoms with Crippen LogP contribution < -0.4 is 4.90 Å². The van der Waals surface area contributed by atoms with Crippen LogP contribution in [0, 0.1) is 0 Å². The van der Waals surface area contributed by atoms with Crippen LogP contribution in [0.4, 0.5) is 24.5 Å². The molecular weight excluding hydrogens is 367 g/mol. The second-order valence-corrected chi connectivity index (χ2v) is 6.24. The quantitative estimate of drug-likeness (QED) is 0.656. The average molecular weight is 381 g/mol. The summed E-state index contributed by atoms with van der Waals surface area (Å²) in [5, 5.41) is 0. The number of aromatic nitrogens is 1. The molecule has 140 valence electrons. The fourth-order valence-electron chi connectivity index (χ4n) is 3.06. The largest absolute Gasteiger partial charge is 0.416 e. The zero-order valence-electron chi connectivity index (χ0n) is 14.5. The van der Waals surface area contributed by atoms with E-state index in [-0.39, 0.29) is 23.9 Å². The van der Waals surface area contributed by atoms with Gasteiger partial charge in [0.25, 0.3) is 5.91 Å². The first-order valence-electron chi connectivity index (χ1n) is 8.50. The van der Waals surface area contributed by atoms with Crippen molar-refractivity contribution in [2.24, 2.45) is 4.99 Å². The van der Waals surface area contributed by atoms with Crippen molar-refractivity contribution >= 4 is 23.0 Å². The van der Waals surface area contributed by atoms with Crippen LogP contribution in [0.5, 0.6) is 0 Å². The standard InChI is InChI=1S/C21H14F3N3O/c22-21(23,24)14-6-5-8-15(12-14)26-19-17-9-1-2-10-18(17)27(20(19)28)13-16-7-3-4-11-25-16/h1-12H,13H2/b26-19-. The lowest BCUT2D eigenvalue weighted by atomic mass is 10.1. The van der Waals surface area contributed by atoms with Crippen molar-refractivity contribution in [1.29, 1.82) is 0 Å². The Labute approximate surface area is 159 Å². The van der Waals surface area contributed by atoms with Crippen molar-refractivity contribution in [1.82, 2.24) is 4.98 Å². The van der Waals surface area contributed by atoms with E-state index in [4.69, 9.17) is 0 Å². The van der Waals surface area contributed by atoms with Gasteiger partial charge in [0.2, 0.25) is 0 Å². The van der Waals surface area contributed by atoms with Crippen LogP contribution in [-0.2, 0) is 17.5 Å². The summed E-state index contributed by atoms with van der Waals surface area (Å²) in [7, 11) is 0. The summed E-state index contributed by atoms with van der Waals surface area (Å²) in [6, 6.07) is 17.1. The lowest BCUT2D eigenvalue weighted by molar-refractivity contribution is -0.137. The number of rotatable bonds is 3. The molecule has 1 aliphatic rings. The molecule has 2 aromatic carbocycles. The van der Waals surface area contributed by atoms with E-state index in [2.05, 4.69) is 9.98 Å². The molecule has 0 unspecified atom stereocenters. The van der Waals surface area contributed by atoms with Gasteiger partial charge in [-0.25, -0.2) is 4.99 Å². The van der Waals surface area contributed by atoms with E-state index in [1.807, 2.05) is 6.07 Å². The normalized spacial score (nSPS) is 15.2. The van der Waals surface area contributed by atoms with Crippen LogP contribution in [0.2, 0.25) is 0 Å². The van der Waals surface area contributed by atoms with Gasteiger partial charge in [-0.3, -0.25) is 9.78 Å². The van der Waals surface area contributed by atoms with Crippen molar-refractivity contribution in [3.8, 4) is 0 Å². The highest BCUT2D eigenvalue weighted by atomic mass is 19.4. The topological polar surface area (TPSA) is 45.6 Å². The van der Waals surface area contributed by atoms with Gasteiger partial charge in [0.05, 0.1) is 29.2 Å². The summed E-state index contributed by atoms with van der Waals surface area (Å²) in [6.45, 7) is 0.248. The highest BCUT2D eigenvalue weighted by Gasteiger charge is 2.34.